The zero-order chi connectivity index (χ0) is 16.1. The summed E-state index contributed by atoms with van der Waals surface area (Å²) in [5.74, 6) is 2.45. The lowest BCUT2D eigenvalue weighted by atomic mass is 9.49. The van der Waals surface area contributed by atoms with Gasteiger partial charge in [-0.25, -0.2) is 9.97 Å². The normalized spacial score (nSPS) is 33.6. The fraction of sp³-hybridized carbons (Fsp3) is 0.556. The van der Waals surface area contributed by atoms with Crippen molar-refractivity contribution in [3.8, 4) is 0 Å². The molecule has 0 atom stereocenters. The van der Waals surface area contributed by atoms with E-state index >= 15 is 0 Å². The lowest BCUT2D eigenvalue weighted by Gasteiger charge is -2.56. The summed E-state index contributed by atoms with van der Waals surface area (Å²) >= 11 is 1.53. The Bertz CT molecular complexity index is 737. The SMILES string of the molecule is O=C(Nc1nc(C23CC4CC(CC(C4)C2)C3)cs1)c1cnccn1. The molecule has 2 heterocycles. The summed E-state index contributed by atoms with van der Waals surface area (Å²) in [7, 11) is 0. The van der Waals surface area contributed by atoms with Crippen LogP contribution in [0.4, 0.5) is 5.13 Å². The lowest BCUT2D eigenvalue weighted by Crippen LogP contribution is -2.48. The predicted molar refractivity (Wildman–Crippen MR) is 91.9 cm³/mol. The average molecular weight is 340 g/mol. The van der Waals surface area contributed by atoms with Gasteiger partial charge in [-0.2, -0.15) is 0 Å². The molecule has 2 aromatic heterocycles. The van der Waals surface area contributed by atoms with Crippen molar-refractivity contribution in [3.63, 3.8) is 0 Å². The van der Waals surface area contributed by atoms with E-state index in [9.17, 15) is 4.79 Å². The summed E-state index contributed by atoms with van der Waals surface area (Å²) in [6.45, 7) is 0. The zero-order valence-corrected chi connectivity index (χ0v) is 14.3. The summed E-state index contributed by atoms with van der Waals surface area (Å²) in [5, 5.41) is 5.72. The van der Waals surface area contributed by atoms with Gasteiger partial charge in [0.25, 0.3) is 5.91 Å². The third kappa shape index (κ3) is 2.35. The molecule has 1 N–H and O–H groups in total. The van der Waals surface area contributed by atoms with Crippen molar-refractivity contribution in [2.45, 2.75) is 43.9 Å². The molecule has 6 rings (SSSR count). The Hall–Kier alpha value is -1.82. The number of rotatable bonds is 3. The van der Waals surface area contributed by atoms with E-state index in [2.05, 4.69) is 20.7 Å². The van der Waals surface area contributed by atoms with Crippen LogP contribution in [0.1, 0.15) is 54.7 Å². The third-order valence-corrected chi connectivity index (χ3v) is 6.86. The van der Waals surface area contributed by atoms with Crippen LogP contribution >= 0.6 is 11.3 Å². The Balaban J connectivity index is 1.37. The zero-order valence-electron chi connectivity index (χ0n) is 13.4. The van der Waals surface area contributed by atoms with Crippen molar-refractivity contribution in [2.75, 3.05) is 5.32 Å². The van der Waals surface area contributed by atoms with Crippen LogP contribution in [0.5, 0.6) is 0 Å². The molecule has 124 valence electrons. The number of hydrogen-bond donors (Lipinski definition) is 1. The number of hydrogen-bond acceptors (Lipinski definition) is 5. The molecule has 4 fully saturated rings. The number of amides is 1. The molecular formula is C18H20N4OS. The Kier molecular flexibility index (Phi) is 3.23. The first-order valence-corrected chi connectivity index (χ1v) is 9.61. The highest BCUT2D eigenvalue weighted by atomic mass is 32.1. The van der Waals surface area contributed by atoms with Crippen LogP contribution in [-0.2, 0) is 5.41 Å². The second kappa shape index (κ2) is 5.34. The first kappa shape index (κ1) is 14.5. The van der Waals surface area contributed by atoms with Crippen molar-refractivity contribution < 1.29 is 4.79 Å². The van der Waals surface area contributed by atoms with Crippen LogP contribution in [0.3, 0.4) is 0 Å². The second-order valence-corrected chi connectivity index (χ2v) is 8.64. The smallest absolute Gasteiger partial charge is 0.277 e. The first-order valence-electron chi connectivity index (χ1n) is 8.73. The largest absolute Gasteiger partial charge is 0.296 e. The third-order valence-electron chi connectivity index (χ3n) is 6.10. The van der Waals surface area contributed by atoms with Gasteiger partial charge in [0, 0.05) is 23.2 Å². The number of nitrogens with zero attached hydrogens (tertiary/aromatic N) is 3. The molecule has 4 saturated carbocycles. The first-order chi connectivity index (χ1) is 11.7. The summed E-state index contributed by atoms with van der Waals surface area (Å²) < 4.78 is 0. The number of aromatic nitrogens is 3. The molecule has 0 aliphatic heterocycles. The van der Waals surface area contributed by atoms with Crippen LogP contribution in [0.25, 0.3) is 0 Å². The minimum Gasteiger partial charge on any atom is -0.296 e. The van der Waals surface area contributed by atoms with Gasteiger partial charge in [-0.15, -0.1) is 11.3 Å². The monoisotopic (exact) mass is 340 g/mol. The molecule has 0 spiro atoms. The molecule has 4 bridgehead atoms. The molecule has 6 heteroatoms. The van der Waals surface area contributed by atoms with E-state index in [1.165, 1.54) is 67.9 Å². The molecule has 0 unspecified atom stereocenters. The van der Waals surface area contributed by atoms with Crippen LogP contribution in [-0.4, -0.2) is 20.9 Å². The number of thiazole rings is 1. The van der Waals surface area contributed by atoms with E-state index in [0.29, 0.717) is 10.8 Å². The molecule has 0 aromatic carbocycles. The van der Waals surface area contributed by atoms with Crippen LogP contribution in [0.15, 0.2) is 24.0 Å². The maximum Gasteiger partial charge on any atom is 0.277 e. The Morgan fingerprint density at radius 3 is 2.46 bits per heavy atom. The maximum absolute atomic E-state index is 12.2. The molecule has 4 aliphatic rings. The van der Waals surface area contributed by atoms with Crippen molar-refractivity contribution in [1.82, 2.24) is 15.0 Å². The van der Waals surface area contributed by atoms with E-state index < -0.39 is 0 Å². The lowest BCUT2D eigenvalue weighted by molar-refractivity contribution is -0.00688. The standard InChI is InChI=1S/C18H20N4OS/c23-16(14-9-19-1-2-20-14)22-17-21-15(10-24-17)18-6-11-3-12(7-18)5-13(4-11)8-18/h1-2,9-13H,3-8H2,(H,21,22,23). The van der Waals surface area contributed by atoms with Gasteiger partial charge in [-0.05, 0) is 56.3 Å². The molecule has 0 radical (unpaired) electrons. The van der Waals surface area contributed by atoms with Crippen LogP contribution in [0, 0.1) is 17.8 Å². The van der Waals surface area contributed by atoms with Gasteiger partial charge in [0.15, 0.2) is 5.13 Å². The fourth-order valence-electron chi connectivity index (χ4n) is 5.58. The summed E-state index contributed by atoms with van der Waals surface area (Å²) in [6, 6.07) is 0. The van der Waals surface area contributed by atoms with Gasteiger partial charge >= 0.3 is 0 Å². The van der Waals surface area contributed by atoms with Gasteiger partial charge < -0.3 is 0 Å². The van der Waals surface area contributed by atoms with Crippen molar-refractivity contribution in [3.05, 3.63) is 35.4 Å². The number of anilines is 1. The van der Waals surface area contributed by atoms with Crippen molar-refractivity contribution >= 4 is 22.4 Å². The van der Waals surface area contributed by atoms with E-state index in [0.717, 1.165) is 17.8 Å². The second-order valence-electron chi connectivity index (χ2n) is 7.78. The number of carbonyl (C=O) groups excluding carboxylic acids is 1. The van der Waals surface area contributed by atoms with E-state index in [1.54, 1.807) is 6.20 Å². The topological polar surface area (TPSA) is 67.8 Å². The molecule has 5 nitrogen and oxygen atoms in total. The number of carbonyl (C=O) groups is 1. The number of nitrogens with one attached hydrogen (secondary N) is 1. The van der Waals surface area contributed by atoms with E-state index in [1.807, 2.05) is 0 Å². The molecular weight excluding hydrogens is 320 g/mol. The van der Waals surface area contributed by atoms with Crippen molar-refractivity contribution in [2.24, 2.45) is 17.8 Å². The summed E-state index contributed by atoms with van der Waals surface area (Å²) in [4.78, 5) is 25.0. The Morgan fingerprint density at radius 2 is 1.83 bits per heavy atom. The molecule has 4 aliphatic carbocycles. The van der Waals surface area contributed by atoms with Crippen LogP contribution in [0.2, 0.25) is 0 Å². The van der Waals surface area contributed by atoms with Crippen LogP contribution < -0.4 is 5.32 Å². The molecule has 2 aromatic rings. The average Bonchev–Trinajstić information content (AvgIpc) is 3.04. The molecule has 0 saturated heterocycles. The highest BCUT2D eigenvalue weighted by Crippen LogP contribution is 2.60. The quantitative estimate of drug-likeness (QED) is 0.926. The molecule has 24 heavy (non-hydrogen) atoms. The van der Waals surface area contributed by atoms with Gasteiger partial charge in [-0.1, -0.05) is 0 Å². The van der Waals surface area contributed by atoms with Gasteiger partial charge in [0.1, 0.15) is 5.69 Å². The minimum absolute atomic E-state index is 0.241. The minimum atomic E-state index is -0.241. The Morgan fingerprint density at radius 1 is 1.12 bits per heavy atom. The Labute approximate surface area is 144 Å². The summed E-state index contributed by atoms with van der Waals surface area (Å²) in [5.41, 5.74) is 1.81. The van der Waals surface area contributed by atoms with Gasteiger partial charge in [-0.3, -0.25) is 15.1 Å². The van der Waals surface area contributed by atoms with Gasteiger partial charge in [0.2, 0.25) is 0 Å². The van der Waals surface area contributed by atoms with Crippen molar-refractivity contribution in [1.29, 1.82) is 0 Å². The highest BCUT2D eigenvalue weighted by Gasteiger charge is 2.52. The van der Waals surface area contributed by atoms with E-state index in [-0.39, 0.29) is 11.3 Å². The van der Waals surface area contributed by atoms with Gasteiger partial charge in [0.05, 0.1) is 11.9 Å². The maximum atomic E-state index is 12.2. The highest BCUT2D eigenvalue weighted by molar-refractivity contribution is 7.14. The van der Waals surface area contributed by atoms with E-state index in [4.69, 9.17) is 4.98 Å². The fourth-order valence-corrected chi connectivity index (χ4v) is 6.41. The summed E-state index contributed by atoms with van der Waals surface area (Å²) in [6.07, 6.45) is 12.7. The predicted octanol–water partition coefficient (Wildman–Crippen LogP) is 3.65. The molecule has 1 amide bonds.